The molecule has 0 aliphatic carbocycles. The topological polar surface area (TPSA) is 12.9 Å². The Balaban J connectivity index is 2.67. The van der Waals surface area contributed by atoms with Crippen molar-refractivity contribution in [3.8, 4) is 0 Å². The Kier molecular flexibility index (Phi) is 2.08. The zero-order valence-electron chi connectivity index (χ0n) is 8.87. The molecule has 0 saturated heterocycles. The smallest absolute Gasteiger partial charge is 0.137 e. The van der Waals surface area contributed by atoms with Gasteiger partial charge in [0.05, 0.1) is 5.52 Å². The van der Waals surface area contributed by atoms with Crippen LogP contribution in [0.1, 0.15) is 5.56 Å². The number of fused-ring (bicyclic) bond motifs is 3. The molecule has 78 valence electrons. The lowest BCUT2D eigenvalue weighted by Gasteiger charge is -2.07. The molecule has 0 aliphatic heterocycles. The fourth-order valence-electron chi connectivity index (χ4n) is 2.15. The first kappa shape index (κ1) is 9.61. The number of hydrogen-bond donors (Lipinski definition) is 0. The third kappa shape index (κ3) is 1.29. The Morgan fingerprint density at radius 3 is 2.56 bits per heavy atom. The molecule has 1 nitrogen and oxygen atoms in total. The minimum absolute atomic E-state index is 0.581. The molecule has 3 aromatic rings. The second kappa shape index (κ2) is 3.46. The summed E-state index contributed by atoms with van der Waals surface area (Å²) in [6.45, 7) is 2.10. The molecule has 0 fully saturated rings. The van der Waals surface area contributed by atoms with Gasteiger partial charge in [-0.15, -0.1) is 0 Å². The first-order valence-corrected chi connectivity index (χ1v) is 5.59. The molecule has 1 aromatic heterocycles. The molecular weight excluding hydrogens is 218 g/mol. The van der Waals surface area contributed by atoms with E-state index >= 15 is 0 Å². The van der Waals surface area contributed by atoms with E-state index in [-0.39, 0.29) is 0 Å². The number of rotatable bonds is 0. The zero-order chi connectivity index (χ0) is 11.1. The Hall–Kier alpha value is -1.60. The molecule has 0 bridgehead atoms. The SMILES string of the molecule is Cc1cccc2c(Cl)nc3ccccc3c12. The molecule has 0 amide bonds. The Morgan fingerprint density at radius 1 is 0.938 bits per heavy atom. The second-order valence-corrected chi connectivity index (χ2v) is 4.28. The molecule has 0 aliphatic rings. The van der Waals surface area contributed by atoms with Crippen LogP contribution in [0.5, 0.6) is 0 Å². The summed E-state index contributed by atoms with van der Waals surface area (Å²) in [5.41, 5.74) is 2.19. The lowest BCUT2D eigenvalue weighted by atomic mass is 10.0. The number of halogens is 1. The summed E-state index contributed by atoms with van der Waals surface area (Å²) in [6.07, 6.45) is 0. The summed E-state index contributed by atoms with van der Waals surface area (Å²) in [6, 6.07) is 14.2. The monoisotopic (exact) mass is 227 g/mol. The minimum atomic E-state index is 0.581. The van der Waals surface area contributed by atoms with Crippen molar-refractivity contribution in [3.05, 3.63) is 53.2 Å². The number of aromatic nitrogens is 1. The highest BCUT2D eigenvalue weighted by Crippen LogP contribution is 2.30. The minimum Gasteiger partial charge on any atom is -0.235 e. The van der Waals surface area contributed by atoms with E-state index < -0.39 is 0 Å². The lowest BCUT2D eigenvalue weighted by molar-refractivity contribution is 1.43. The van der Waals surface area contributed by atoms with Crippen LogP contribution in [0.4, 0.5) is 0 Å². The van der Waals surface area contributed by atoms with E-state index in [1.807, 2.05) is 30.3 Å². The largest absolute Gasteiger partial charge is 0.235 e. The Morgan fingerprint density at radius 2 is 1.69 bits per heavy atom. The van der Waals surface area contributed by atoms with Crippen molar-refractivity contribution in [2.75, 3.05) is 0 Å². The van der Waals surface area contributed by atoms with Crippen LogP contribution in [0, 0.1) is 6.92 Å². The Bertz CT molecular complexity index is 689. The summed E-state index contributed by atoms with van der Waals surface area (Å²) >= 11 is 6.20. The molecule has 0 spiro atoms. The van der Waals surface area contributed by atoms with E-state index in [1.54, 1.807) is 0 Å². The molecule has 0 radical (unpaired) electrons. The maximum atomic E-state index is 6.20. The number of nitrogens with zero attached hydrogens (tertiary/aromatic N) is 1. The van der Waals surface area contributed by atoms with E-state index in [2.05, 4.69) is 24.0 Å². The lowest BCUT2D eigenvalue weighted by Crippen LogP contribution is -1.86. The number of aryl methyl sites for hydroxylation is 1. The van der Waals surface area contributed by atoms with Gasteiger partial charge >= 0.3 is 0 Å². The van der Waals surface area contributed by atoms with E-state index in [0.717, 1.165) is 10.9 Å². The van der Waals surface area contributed by atoms with Gasteiger partial charge in [0.15, 0.2) is 0 Å². The van der Waals surface area contributed by atoms with Crippen molar-refractivity contribution >= 4 is 33.3 Å². The van der Waals surface area contributed by atoms with E-state index in [9.17, 15) is 0 Å². The summed E-state index contributed by atoms with van der Waals surface area (Å²) in [4.78, 5) is 4.41. The average Bonchev–Trinajstić information content (AvgIpc) is 2.30. The van der Waals surface area contributed by atoms with Crippen molar-refractivity contribution in [1.82, 2.24) is 4.98 Å². The quantitative estimate of drug-likeness (QED) is 0.411. The van der Waals surface area contributed by atoms with Gasteiger partial charge in [0.1, 0.15) is 5.15 Å². The second-order valence-electron chi connectivity index (χ2n) is 3.92. The summed E-state index contributed by atoms with van der Waals surface area (Å²) in [7, 11) is 0. The third-order valence-electron chi connectivity index (χ3n) is 2.89. The van der Waals surface area contributed by atoms with Crippen LogP contribution in [-0.4, -0.2) is 4.98 Å². The Labute approximate surface area is 98.7 Å². The standard InChI is InChI=1S/C14H10ClN/c1-9-5-4-7-11-13(9)10-6-2-3-8-12(10)16-14(11)15/h2-8H,1H3. The summed E-state index contributed by atoms with van der Waals surface area (Å²) in [5, 5.41) is 3.98. The fourth-order valence-corrected chi connectivity index (χ4v) is 2.39. The van der Waals surface area contributed by atoms with Gasteiger partial charge in [-0.25, -0.2) is 4.98 Å². The predicted molar refractivity (Wildman–Crippen MR) is 69.0 cm³/mol. The van der Waals surface area contributed by atoms with E-state index in [1.165, 1.54) is 16.3 Å². The molecule has 16 heavy (non-hydrogen) atoms. The molecule has 0 atom stereocenters. The van der Waals surface area contributed by atoms with Gasteiger partial charge in [0, 0.05) is 10.8 Å². The normalized spacial score (nSPS) is 11.1. The molecule has 2 aromatic carbocycles. The van der Waals surface area contributed by atoms with Gasteiger partial charge in [-0.05, 0) is 23.9 Å². The van der Waals surface area contributed by atoms with Gasteiger partial charge in [-0.1, -0.05) is 48.0 Å². The van der Waals surface area contributed by atoms with Gasteiger partial charge < -0.3 is 0 Å². The van der Waals surface area contributed by atoms with Crippen LogP contribution in [0.3, 0.4) is 0 Å². The van der Waals surface area contributed by atoms with Crippen LogP contribution in [0.15, 0.2) is 42.5 Å². The molecular formula is C14H10ClN. The van der Waals surface area contributed by atoms with Crippen molar-refractivity contribution in [3.63, 3.8) is 0 Å². The fraction of sp³-hybridized carbons (Fsp3) is 0.0714. The zero-order valence-corrected chi connectivity index (χ0v) is 9.62. The maximum absolute atomic E-state index is 6.20. The van der Waals surface area contributed by atoms with Gasteiger partial charge in [0.2, 0.25) is 0 Å². The van der Waals surface area contributed by atoms with E-state index in [0.29, 0.717) is 5.15 Å². The highest BCUT2D eigenvalue weighted by molar-refractivity contribution is 6.36. The van der Waals surface area contributed by atoms with Crippen LogP contribution in [0.25, 0.3) is 21.7 Å². The van der Waals surface area contributed by atoms with Gasteiger partial charge in [-0.3, -0.25) is 0 Å². The van der Waals surface area contributed by atoms with Crippen LogP contribution >= 0.6 is 11.6 Å². The van der Waals surface area contributed by atoms with Crippen LogP contribution in [-0.2, 0) is 0 Å². The molecule has 3 rings (SSSR count). The average molecular weight is 228 g/mol. The van der Waals surface area contributed by atoms with Crippen molar-refractivity contribution in [2.24, 2.45) is 0 Å². The van der Waals surface area contributed by atoms with E-state index in [4.69, 9.17) is 11.6 Å². The number of hydrogen-bond acceptors (Lipinski definition) is 1. The maximum Gasteiger partial charge on any atom is 0.137 e. The third-order valence-corrected chi connectivity index (χ3v) is 3.18. The molecule has 0 saturated carbocycles. The first-order chi connectivity index (χ1) is 7.77. The molecule has 1 heterocycles. The number of para-hydroxylation sites is 1. The van der Waals surface area contributed by atoms with Gasteiger partial charge in [0.25, 0.3) is 0 Å². The highest BCUT2D eigenvalue weighted by atomic mass is 35.5. The van der Waals surface area contributed by atoms with Gasteiger partial charge in [-0.2, -0.15) is 0 Å². The number of benzene rings is 2. The first-order valence-electron chi connectivity index (χ1n) is 5.21. The predicted octanol–water partition coefficient (Wildman–Crippen LogP) is 4.35. The van der Waals surface area contributed by atoms with Crippen molar-refractivity contribution < 1.29 is 0 Å². The summed E-state index contributed by atoms with van der Waals surface area (Å²) < 4.78 is 0. The molecule has 0 unspecified atom stereocenters. The van der Waals surface area contributed by atoms with Crippen molar-refractivity contribution in [2.45, 2.75) is 6.92 Å². The molecule has 2 heteroatoms. The number of pyridine rings is 1. The molecule has 0 N–H and O–H groups in total. The van der Waals surface area contributed by atoms with Crippen molar-refractivity contribution in [1.29, 1.82) is 0 Å². The van der Waals surface area contributed by atoms with Crippen LogP contribution < -0.4 is 0 Å². The summed E-state index contributed by atoms with van der Waals surface area (Å²) in [5.74, 6) is 0. The highest BCUT2D eigenvalue weighted by Gasteiger charge is 2.07. The van der Waals surface area contributed by atoms with Crippen LogP contribution in [0.2, 0.25) is 5.15 Å².